The van der Waals surface area contributed by atoms with Gasteiger partial charge in [-0.1, -0.05) is 0 Å². The number of ether oxygens (including phenoxy) is 4. The highest BCUT2D eigenvalue weighted by atomic mass is 16.7. The van der Waals surface area contributed by atoms with E-state index >= 15 is 0 Å². The number of hydrogen-bond donors (Lipinski definition) is 2. The lowest BCUT2D eigenvalue weighted by Crippen LogP contribution is -2.48. The van der Waals surface area contributed by atoms with Gasteiger partial charge in [-0.25, -0.2) is 0 Å². The van der Waals surface area contributed by atoms with E-state index in [9.17, 15) is 24.6 Å². The number of carbonyl (C=O) groups excluding carboxylic acids is 3. The van der Waals surface area contributed by atoms with Gasteiger partial charge in [-0.2, -0.15) is 0 Å². The summed E-state index contributed by atoms with van der Waals surface area (Å²) >= 11 is 0. The van der Waals surface area contributed by atoms with Crippen LogP contribution in [0, 0.1) is 16.2 Å². The van der Waals surface area contributed by atoms with E-state index in [4.69, 9.17) is 18.9 Å². The Morgan fingerprint density at radius 3 is 1.60 bits per heavy atom. The lowest BCUT2D eigenvalue weighted by molar-refractivity contribution is -0.186. The minimum atomic E-state index is -1.63. The largest absolute Gasteiger partial charge is 0.462 e. The van der Waals surface area contributed by atoms with Crippen LogP contribution in [-0.2, 0) is 33.3 Å². The molecule has 0 radical (unpaired) electrons. The molecule has 0 aromatic rings. The summed E-state index contributed by atoms with van der Waals surface area (Å²) in [7, 11) is 0. The molecule has 0 amide bonds. The molecule has 0 bridgehead atoms. The van der Waals surface area contributed by atoms with Gasteiger partial charge in [0.05, 0.1) is 16.2 Å². The molecule has 9 nitrogen and oxygen atoms in total. The number of aliphatic hydroxyl groups excluding tert-OH is 2. The number of rotatable bonds is 5. The average Bonchev–Trinajstić information content (AvgIpc) is 2.86. The molecule has 0 spiro atoms. The maximum atomic E-state index is 12.5. The van der Waals surface area contributed by atoms with Crippen LogP contribution < -0.4 is 0 Å². The summed E-state index contributed by atoms with van der Waals surface area (Å²) in [5.41, 5.74) is -2.55. The van der Waals surface area contributed by atoms with Crippen molar-refractivity contribution in [1.82, 2.24) is 0 Å². The van der Waals surface area contributed by atoms with Crippen molar-refractivity contribution in [2.45, 2.75) is 93.0 Å². The molecule has 9 heteroatoms. The predicted molar refractivity (Wildman–Crippen MR) is 106 cm³/mol. The summed E-state index contributed by atoms with van der Waals surface area (Å²) in [5.74, 6) is -1.81. The number of aliphatic hydroxyl groups is 2. The van der Waals surface area contributed by atoms with Gasteiger partial charge in [0, 0.05) is 0 Å². The Morgan fingerprint density at radius 2 is 1.20 bits per heavy atom. The van der Waals surface area contributed by atoms with Gasteiger partial charge in [-0.15, -0.1) is 0 Å². The van der Waals surface area contributed by atoms with Crippen LogP contribution in [0.15, 0.2) is 0 Å². The zero-order chi connectivity index (χ0) is 23.7. The summed E-state index contributed by atoms with van der Waals surface area (Å²) < 4.78 is 21.3. The number of esters is 3. The average molecular weight is 433 g/mol. The molecule has 5 atom stereocenters. The Balaban J connectivity index is 3.06. The van der Waals surface area contributed by atoms with Gasteiger partial charge in [-0.05, 0) is 62.3 Å². The van der Waals surface area contributed by atoms with Gasteiger partial charge in [0.1, 0.15) is 18.8 Å². The van der Waals surface area contributed by atoms with E-state index in [0.717, 1.165) is 0 Å². The van der Waals surface area contributed by atoms with Crippen molar-refractivity contribution >= 4 is 17.9 Å². The standard InChI is InChI=1S/C21H36O9/c1-19(2,3)16(24)27-10-11(22)12-13(29-17(25)20(4,5)6)14(15(23)28-12)30-18(26)21(7,8)9/h11-15,22-23H,10H2,1-9H3/t11-,12+,13+,14-,15?/m1/s1. The molecule has 0 aliphatic carbocycles. The molecule has 174 valence electrons. The van der Waals surface area contributed by atoms with Crippen LogP contribution in [-0.4, -0.2) is 65.4 Å². The van der Waals surface area contributed by atoms with E-state index in [2.05, 4.69) is 0 Å². The maximum absolute atomic E-state index is 12.5. The Labute approximate surface area is 178 Å². The second-order valence-electron chi connectivity index (χ2n) is 10.6. The molecule has 0 aromatic carbocycles. The maximum Gasteiger partial charge on any atom is 0.311 e. The number of carbonyl (C=O) groups is 3. The van der Waals surface area contributed by atoms with Gasteiger partial charge in [0.15, 0.2) is 18.5 Å². The summed E-state index contributed by atoms with van der Waals surface area (Å²) in [5, 5.41) is 20.8. The second kappa shape index (κ2) is 9.20. The van der Waals surface area contributed by atoms with Gasteiger partial charge >= 0.3 is 17.9 Å². The summed E-state index contributed by atoms with van der Waals surface area (Å²) in [6.45, 7) is 14.3. The molecular formula is C21H36O9. The van der Waals surface area contributed by atoms with Crippen LogP contribution in [0.3, 0.4) is 0 Å². The SMILES string of the molecule is CC(C)(C)C(=O)OC[C@@H](O)[C@@H]1OC(O)[C@H](OC(=O)C(C)(C)C)[C@H]1OC(=O)C(C)(C)C. The molecule has 1 fully saturated rings. The van der Waals surface area contributed by atoms with Crippen LogP contribution in [0.2, 0.25) is 0 Å². The van der Waals surface area contributed by atoms with Crippen molar-refractivity contribution in [2.24, 2.45) is 16.2 Å². The van der Waals surface area contributed by atoms with Gasteiger partial charge in [-0.3, -0.25) is 14.4 Å². The van der Waals surface area contributed by atoms with Crippen molar-refractivity contribution in [3.8, 4) is 0 Å². The zero-order valence-corrected chi connectivity index (χ0v) is 19.3. The van der Waals surface area contributed by atoms with E-state index < -0.39 is 71.5 Å². The predicted octanol–water partition coefficient (Wildman–Crippen LogP) is 1.57. The van der Waals surface area contributed by atoms with Crippen molar-refractivity contribution in [3.63, 3.8) is 0 Å². The van der Waals surface area contributed by atoms with Gasteiger partial charge in [0.2, 0.25) is 0 Å². The Morgan fingerprint density at radius 1 is 0.800 bits per heavy atom. The molecule has 1 heterocycles. The highest BCUT2D eigenvalue weighted by Crippen LogP contribution is 2.32. The number of hydrogen-bond acceptors (Lipinski definition) is 9. The van der Waals surface area contributed by atoms with Crippen LogP contribution in [0.1, 0.15) is 62.3 Å². The third-order valence-electron chi connectivity index (χ3n) is 4.31. The van der Waals surface area contributed by atoms with Crippen molar-refractivity contribution < 1.29 is 43.5 Å². The molecule has 0 saturated carbocycles. The summed E-state index contributed by atoms with van der Waals surface area (Å²) in [4.78, 5) is 36.8. The zero-order valence-electron chi connectivity index (χ0n) is 19.3. The first-order valence-corrected chi connectivity index (χ1v) is 9.96. The second-order valence-corrected chi connectivity index (χ2v) is 10.6. The Bertz CT molecular complexity index is 636. The molecule has 1 saturated heterocycles. The summed E-state index contributed by atoms with van der Waals surface area (Å²) in [6.07, 6.45) is -6.96. The normalized spacial score (nSPS) is 26.1. The van der Waals surface area contributed by atoms with Crippen LogP contribution in [0.25, 0.3) is 0 Å². The molecule has 1 aliphatic rings. The fourth-order valence-electron chi connectivity index (χ4n) is 2.31. The fraction of sp³-hybridized carbons (Fsp3) is 0.857. The summed E-state index contributed by atoms with van der Waals surface area (Å²) in [6, 6.07) is 0. The Kier molecular flexibility index (Phi) is 8.07. The molecule has 1 rings (SSSR count). The van der Waals surface area contributed by atoms with Crippen molar-refractivity contribution in [1.29, 1.82) is 0 Å². The fourth-order valence-corrected chi connectivity index (χ4v) is 2.31. The highest BCUT2D eigenvalue weighted by Gasteiger charge is 2.53. The van der Waals surface area contributed by atoms with Gasteiger partial charge in [0.25, 0.3) is 0 Å². The lowest BCUT2D eigenvalue weighted by atomic mass is 9.96. The first-order chi connectivity index (χ1) is 13.4. The van der Waals surface area contributed by atoms with E-state index in [-0.39, 0.29) is 0 Å². The molecular weight excluding hydrogens is 396 g/mol. The highest BCUT2D eigenvalue weighted by molar-refractivity contribution is 5.77. The third-order valence-corrected chi connectivity index (χ3v) is 4.31. The first kappa shape index (κ1) is 26.3. The molecule has 2 N–H and O–H groups in total. The van der Waals surface area contributed by atoms with E-state index in [0.29, 0.717) is 0 Å². The van der Waals surface area contributed by atoms with E-state index in [1.807, 2.05) is 0 Å². The van der Waals surface area contributed by atoms with Crippen LogP contribution in [0.5, 0.6) is 0 Å². The minimum absolute atomic E-state index is 0.447. The van der Waals surface area contributed by atoms with E-state index in [1.54, 1.807) is 62.3 Å². The molecule has 1 aliphatic heterocycles. The van der Waals surface area contributed by atoms with Crippen LogP contribution >= 0.6 is 0 Å². The third kappa shape index (κ3) is 6.92. The minimum Gasteiger partial charge on any atom is -0.462 e. The molecule has 1 unspecified atom stereocenters. The van der Waals surface area contributed by atoms with Crippen molar-refractivity contribution in [3.05, 3.63) is 0 Å². The lowest BCUT2D eigenvalue weighted by Gasteiger charge is -2.30. The van der Waals surface area contributed by atoms with Crippen LogP contribution in [0.4, 0.5) is 0 Å². The molecule has 0 aromatic heterocycles. The smallest absolute Gasteiger partial charge is 0.311 e. The first-order valence-electron chi connectivity index (χ1n) is 9.96. The van der Waals surface area contributed by atoms with E-state index in [1.165, 1.54) is 0 Å². The Hall–Kier alpha value is -1.71. The molecule has 30 heavy (non-hydrogen) atoms. The van der Waals surface area contributed by atoms with Crippen molar-refractivity contribution in [2.75, 3.05) is 6.61 Å². The van der Waals surface area contributed by atoms with Gasteiger partial charge < -0.3 is 29.2 Å². The quantitative estimate of drug-likeness (QED) is 0.491. The topological polar surface area (TPSA) is 129 Å². The monoisotopic (exact) mass is 432 g/mol.